The summed E-state index contributed by atoms with van der Waals surface area (Å²) in [5.74, 6) is 0.331. The molecule has 2 aromatic heterocycles. The summed E-state index contributed by atoms with van der Waals surface area (Å²) in [6.45, 7) is 5.08. The molecule has 116 valence electrons. The van der Waals surface area contributed by atoms with Gasteiger partial charge in [-0.2, -0.15) is 0 Å². The Kier molecular flexibility index (Phi) is 4.06. The Morgan fingerprint density at radius 1 is 1.41 bits per heavy atom. The van der Waals surface area contributed by atoms with E-state index < -0.39 is 0 Å². The zero-order chi connectivity index (χ0) is 15.7. The third-order valence-electron chi connectivity index (χ3n) is 4.01. The Morgan fingerprint density at radius 2 is 2.18 bits per heavy atom. The Labute approximate surface area is 133 Å². The first-order valence-electron chi connectivity index (χ1n) is 7.36. The van der Waals surface area contributed by atoms with Gasteiger partial charge in [0.1, 0.15) is 5.69 Å². The number of carbonyl (C=O) groups is 1. The van der Waals surface area contributed by atoms with E-state index in [0.29, 0.717) is 11.7 Å². The number of anilines is 1. The molecule has 6 nitrogen and oxygen atoms in total. The largest absolute Gasteiger partial charge is 0.375 e. The van der Waals surface area contributed by atoms with Crippen LogP contribution in [0.5, 0.6) is 0 Å². The Hall–Kier alpha value is -2.02. The molecule has 1 fully saturated rings. The van der Waals surface area contributed by atoms with E-state index in [1.54, 1.807) is 19.3 Å². The maximum absolute atomic E-state index is 11.7. The summed E-state index contributed by atoms with van der Waals surface area (Å²) in [5, 5.41) is 0.540. The smallest absolute Gasteiger partial charge is 0.219 e. The Balaban J connectivity index is 1.98. The number of nitrogens with two attached hydrogens (primary N) is 1. The van der Waals surface area contributed by atoms with Crippen molar-refractivity contribution in [3.8, 4) is 10.6 Å². The molecule has 3 rings (SSSR count). The highest BCUT2D eigenvalue weighted by molar-refractivity contribution is 7.18. The number of nitrogens with zero attached hydrogens (tertiary/aromatic N) is 4. The van der Waals surface area contributed by atoms with Gasteiger partial charge in [0.05, 0.1) is 16.3 Å². The van der Waals surface area contributed by atoms with Crippen molar-refractivity contribution in [2.75, 3.05) is 18.8 Å². The molecular formula is C15H19N5OS. The van der Waals surface area contributed by atoms with Gasteiger partial charge in [0, 0.05) is 38.3 Å². The lowest BCUT2D eigenvalue weighted by Gasteiger charge is -2.32. The van der Waals surface area contributed by atoms with Gasteiger partial charge in [-0.1, -0.05) is 11.3 Å². The highest BCUT2D eigenvalue weighted by Crippen LogP contribution is 2.36. The van der Waals surface area contributed by atoms with E-state index in [4.69, 9.17) is 5.73 Å². The average Bonchev–Trinajstić information content (AvgIpc) is 2.86. The van der Waals surface area contributed by atoms with E-state index in [-0.39, 0.29) is 11.8 Å². The van der Waals surface area contributed by atoms with Crippen LogP contribution in [0.4, 0.5) is 5.13 Å². The molecule has 1 aliphatic heterocycles. The van der Waals surface area contributed by atoms with Gasteiger partial charge in [-0.05, 0) is 19.8 Å². The van der Waals surface area contributed by atoms with Crippen molar-refractivity contribution in [1.29, 1.82) is 0 Å². The molecule has 0 spiro atoms. The van der Waals surface area contributed by atoms with E-state index in [1.807, 2.05) is 11.8 Å². The van der Waals surface area contributed by atoms with Gasteiger partial charge in [-0.3, -0.25) is 14.8 Å². The van der Waals surface area contributed by atoms with Crippen LogP contribution in [0.2, 0.25) is 0 Å². The molecule has 0 saturated carbocycles. The normalized spacial score (nSPS) is 18.5. The minimum absolute atomic E-state index is 0.119. The highest BCUT2D eigenvalue weighted by Gasteiger charge is 2.27. The van der Waals surface area contributed by atoms with Crippen molar-refractivity contribution in [3.05, 3.63) is 23.8 Å². The number of aromatic nitrogens is 3. The van der Waals surface area contributed by atoms with E-state index >= 15 is 0 Å². The first-order chi connectivity index (χ1) is 10.6. The topological polar surface area (TPSA) is 85.0 Å². The SMILES string of the molecule is CC(=O)N1CCC[C@@H](c2nccnc2-c2sc(N)nc2C)C1. The fraction of sp³-hybridized carbons (Fsp3) is 0.467. The summed E-state index contributed by atoms with van der Waals surface area (Å²) < 4.78 is 0. The van der Waals surface area contributed by atoms with Crippen molar-refractivity contribution in [2.24, 2.45) is 0 Å². The molecule has 3 heterocycles. The molecule has 1 atom stereocenters. The quantitative estimate of drug-likeness (QED) is 0.918. The van der Waals surface area contributed by atoms with Crippen molar-refractivity contribution >= 4 is 22.4 Å². The molecule has 22 heavy (non-hydrogen) atoms. The van der Waals surface area contributed by atoms with Crippen molar-refractivity contribution < 1.29 is 4.79 Å². The molecule has 0 aromatic carbocycles. The maximum atomic E-state index is 11.7. The lowest BCUT2D eigenvalue weighted by atomic mass is 9.92. The van der Waals surface area contributed by atoms with E-state index in [9.17, 15) is 4.79 Å². The number of nitrogen functional groups attached to an aromatic ring is 1. The van der Waals surface area contributed by atoms with Gasteiger partial charge in [-0.15, -0.1) is 0 Å². The third-order valence-corrected chi connectivity index (χ3v) is 5.00. The van der Waals surface area contributed by atoms with Gasteiger partial charge in [0.15, 0.2) is 5.13 Å². The second-order valence-electron chi connectivity index (χ2n) is 5.56. The zero-order valence-corrected chi connectivity index (χ0v) is 13.6. The van der Waals surface area contributed by atoms with Crippen LogP contribution in [0.3, 0.4) is 0 Å². The van der Waals surface area contributed by atoms with Gasteiger partial charge in [0.2, 0.25) is 5.91 Å². The fourth-order valence-corrected chi connectivity index (χ4v) is 3.78. The van der Waals surface area contributed by atoms with Crippen LogP contribution in [0.1, 0.15) is 37.1 Å². The van der Waals surface area contributed by atoms with Gasteiger partial charge in [-0.25, -0.2) is 4.98 Å². The number of aryl methyl sites for hydroxylation is 1. The van der Waals surface area contributed by atoms with Crippen LogP contribution in [0.15, 0.2) is 12.4 Å². The second-order valence-corrected chi connectivity index (χ2v) is 6.59. The van der Waals surface area contributed by atoms with Crippen LogP contribution < -0.4 is 5.73 Å². The number of hydrogen-bond donors (Lipinski definition) is 1. The molecule has 2 N–H and O–H groups in total. The highest BCUT2D eigenvalue weighted by atomic mass is 32.1. The standard InChI is InChI=1S/C15H19N5OS/c1-9-14(22-15(16)19-9)13-12(17-5-6-18-13)11-4-3-7-20(8-11)10(2)21/h5-6,11H,3-4,7-8H2,1-2H3,(H2,16,19)/t11-/m1/s1. The minimum atomic E-state index is 0.119. The number of rotatable bonds is 2. The molecule has 1 aliphatic rings. The van der Waals surface area contributed by atoms with Crippen molar-refractivity contribution in [3.63, 3.8) is 0 Å². The molecule has 7 heteroatoms. The first kappa shape index (κ1) is 14.9. The van der Waals surface area contributed by atoms with Gasteiger partial charge >= 0.3 is 0 Å². The molecule has 1 saturated heterocycles. The zero-order valence-electron chi connectivity index (χ0n) is 12.7. The van der Waals surface area contributed by atoms with Crippen LogP contribution in [0, 0.1) is 6.92 Å². The van der Waals surface area contributed by atoms with Crippen LogP contribution in [0.25, 0.3) is 10.6 Å². The molecule has 2 aromatic rings. The molecule has 1 amide bonds. The maximum Gasteiger partial charge on any atom is 0.219 e. The lowest BCUT2D eigenvalue weighted by molar-refractivity contribution is -0.130. The van der Waals surface area contributed by atoms with E-state index in [2.05, 4.69) is 15.0 Å². The van der Waals surface area contributed by atoms with Crippen molar-refractivity contribution in [1.82, 2.24) is 19.9 Å². The molecule has 0 radical (unpaired) electrons. The molecule has 0 aliphatic carbocycles. The number of carbonyl (C=O) groups excluding carboxylic acids is 1. The van der Waals surface area contributed by atoms with Crippen LogP contribution >= 0.6 is 11.3 Å². The monoisotopic (exact) mass is 317 g/mol. The fourth-order valence-electron chi connectivity index (χ4n) is 2.95. The minimum Gasteiger partial charge on any atom is -0.375 e. The predicted molar refractivity (Wildman–Crippen MR) is 86.5 cm³/mol. The van der Waals surface area contributed by atoms with Gasteiger partial charge < -0.3 is 10.6 Å². The summed E-state index contributed by atoms with van der Waals surface area (Å²) in [5.41, 5.74) is 8.49. The third kappa shape index (κ3) is 2.81. The average molecular weight is 317 g/mol. The second kappa shape index (κ2) is 6.00. The van der Waals surface area contributed by atoms with Crippen LogP contribution in [-0.2, 0) is 4.79 Å². The molecule has 0 unspecified atom stereocenters. The summed E-state index contributed by atoms with van der Waals surface area (Å²) in [6, 6.07) is 0. The number of likely N-dealkylation sites (tertiary alicyclic amines) is 1. The number of piperidine rings is 1. The summed E-state index contributed by atoms with van der Waals surface area (Å²) >= 11 is 1.44. The predicted octanol–water partition coefficient (Wildman–Crippen LogP) is 2.22. The first-order valence-corrected chi connectivity index (χ1v) is 8.17. The lowest BCUT2D eigenvalue weighted by Crippen LogP contribution is -2.38. The summed E-state index contributed by atoms with van der Waals surface area (Å²) in [6.07, 6.45) is 5.41. The summed E-state index contributed by atoms with van der Waals surface area (Å²) in [4.78, 5) is 27.9. The Bertz CT molecular complexity index is 699. The Morgan fingerprint density at radius 3 is 2.86 bits per heavy atom. The van der Waals surface area contributed by atoms with Crippen LogP contribution in [-0.4, -0.2) is 38.8 Å². The summed E-state index contributed by atoms with van der Waals surface area (Å²) in [7, 11) is 0. The van der Waals surface area contributed by atoms with E-state index in [1.165, 1.54) is 11.3 Å². The van der Waals surface area contributed by atoms with E-state index in [0.717, 1.165) is 41.3 Å². The number of hydrogen-bond acceptors (Lipinski definition) is 6. The number of thiazole rings is 1. The number of amides is 1. The molecular weight excluding hydrogens is 298 g/mol. The van der Waals surface area contributed by atoms with Gasteiger partial charge in [0.25, 0.3) is 0 Å². The molecule has 0 bridgehead atoms. The van der Waals surface area contributed by atoms with Crippen molar-refractivity contribution in [2.45, 2.75) is 32.6 Å².